The van der Waals surface area contributed by atoms with Gasteiger partial charge in [-0.2, -0.15) is 0 Å². The zero-order chi connectivity index (χ0) is 16.8. The van der Waals surface area contributed by atoms with Crippen LogP contribution in [0.3, 0.4) is 0 Å². The lowest BCUT2D eigenvalue weighted by Crippen LogP contribution is -2.40. The summed E-state index contributed by atoms with van der Waals surface area (Å²) in [6.45, 7) is 12.1. The van der Waals surface area contributed by atoms with Gasteiger partial charge in [0.1, 0.15) is 0 Å². The maximum absolute atomic E-state index is 12.2. The molecular formula is C17H29IN4O. The summed E-state index contributed by atoms with van der Waals surface area (Å²) >= 11 is 0. The van der Waals surface area contributed by atoms with Crippen molar-refractivity contribution in [2.24, 2.45) is 10.7 Å². The molecular weight excluding hydrogens is 403 g/mol. The topological polar surface area (TPSA) is 70.7 Å². The summed E-state index contributed by atoms with van der Waals surface area (Å²) in [5.74, 6) is 0.463. The Morgan fingerprint density at radius 3 is 2.39 bits per heavy atom. The first kappa shape index (κ1) is 21.7. The van der Waals surface area contributed by atoms with Gasteiger partial charge in [0.25, 0.3) is 5.91 Å². The maximum Gasteiger partial charge on any atom is 0.251 e. The van der Waals surface area contributed by atoms with Crippen LogP contribution in [-0.2, 0) is 6.54 Å². The average molecular weight is 432 g/mol. The van der Waals surface area contributed by atoms with Gasteiger partial charge in [-0.05, 0) is 52.3 Å². The number of amides is 1. The number of rotatable bonds is 5. The SMILES string of the molecule is CCN(CC)C(N)=NCc1cccc(C(=O)NC(C)(C)C)c1.I. The highest BCUT2D eigenvalue weighted by atomic mass is 127. The van der Waals surface area contributed by atoms with Crippen LogP contribution >= 0.6 is 24.0 Å². The van der Waals surface area contributed by atoms with E-state index in [1.54, 1.807) is 0 Å². The summed E-state index contributed by atoms with van der Waals surface area (Å²) in [4.78, 5) is 18.6. The van der Waals surface area contributed by atoms with Gasteiger partial charge in [0.15, 0.2) is 5.96 Å². The molecule has 0 atom stereocenters. The fraction of sp³-hybridized carbons (Fsp3) is 0.529. The minimum atomic E-state index is -0.252. The fourth-order valence-electron chi connectivity index (χ4n) is 2.04. The maximum atomic E-state index is 12.2. The van der Waals surface area contributed by atoms with E-state index in [1.807, 2.05) is 63.8 Å². The molecule has 0 bridgehead atoms. The minimum Gasteiger partial charge on any atom is -0.370 e. The van der Waals surface area contributed by atoms with E-state index in [0.717, 1.165) is 18.7 Å². The molecule has 0 aliphatic heterocycles. The molecule has 0 aliphatic carbocycles. The number of aliphatic imine (C=N–C) groups is 1. The predicted octanol–water partition coefficient (Wildman–Crippen LogP) is 2.99. The second-order valence-corrected chi connectivity index (χ2v) is 6.25. The van der Waals surface area contributed by atoms with E-state index < -0.39 is 0 Å². The number of guanidine groups is 1. The van der Waals surface area contributed by atoms with Crippen LogP contribution in [0.2, 0.25) is 0 Å². The van der Waals surface area contributed by atoms with Gasteiger partial charge in [-0.15, -0.1) is 24.0 Å². The quantitative estimate of drug-likeness (QED) is 0.427. The van der Waals surface area contributed by atoms with Crippen LogP contribution in [0, 0.1) is 0 Å². The van der Waals surface area contributed by atoms with Crippen LogP contribution in [0.25, 0.3) is 0 Å². The van der Waals surface area contributed by atoms with Crippen molar-refractivity contribution in [1.82, 2.24) is 10.2 Å². The number of halogens is 1. The highest BCUT2D eigenvalue weighted by Crippen LogP contribution is 2.09. The lowest BCUT2D eigenvalue weighted by molar-refractivity contribution is 0.0919. The second kappa shape index (κ2) is 9.75. The molecule has 23 heavy (non-hydrogen) atoms. The molecule has 1 amide bonds. The van der Waals surface area contributed by atoms with Crippen LogP contribution in [0.4, 0.5) is 0 Å². The molecule has 1 rings (SSSR count). The van der Waals surface area contributed by atoms with Gasteiger partial charge in [0.2, 0.25) is 0 Å². The second-order valence-electron chi connectivity index (χ2n) is 6.25. The van der Waals surface area contributed by atoms with Crippen molar-refractivity contribution >= 4 is 35.8 Å². The smallest absolute Gasteiger partial charge is 0.251 e. The first-order valence-corrected chi connectivity index (χ1v) is 7.73. The minimum absolute atomic E-state index is 0. The Labute approximate surface area is 156 Å². The van der Waals surface area contributed by atoms with E-state index in [9.17, 15) is 4.79 Å². The molecule has 0 heterocycles. The molecule has 0 aliphatic rings. The van der Waals surface area contributed by atoms with Gasteiger partial charge in [-0.25, -0.2) is 4.99 Å². The molecule has 130 valence electrons. The summed E-state index contributed by atoms with van der Waals surface area (Å²) in [7, 11) is 0. The van der Waals surface area contributed by atoms with Crippen molar-refractivity contribution in [3.05, 3.63) is 35.4 Å². The van der Waals surface area contributed by atoms with E-state index in [4.69, 9.17) is 5.73 Å². The molecule has 0 saturated carbocycles. The van der Waals surface area contributed by atoms with E-state index in [1.165, 1.54) is 0 Å². The third-order valence-corrected chi connectivity index (χ3v) is 3.19. The van der Waals surface area contributed by atoms with Crippen LogP contribution in [0.5, 0.6) is 0 Å². The van der Waals surface area contributed by atoms with Crippen molar-refractivity contribution < 1.29 is 4.79 Å². The zero-order valence-electron chi connectivity index (χ0n) is 14.7. The van der Waals surface area contributed by atoms with Crippen LogP contribution in [-0.4, -0.2) is 35.4 Å². The summed E-state index contributed by atoms with van der Waals surface area (Å²) < 4.78 is 0. The molecule has 0 unspecified atom stereocenters. The average Bonchev–Trinajstić information content (AvgIpc) is 2.45. The third kappa shape index (κ3) is 7.67. The first-order chi connectivity index (χ1) is 10.3. The van der Waals surface area contributed by atoms with Gasteiger partial charge in [-0.1, -0.05) is 12.1 Å². The monoisotopic (exact) mass is 432 g/mol. The van der Waals surface area contributed by atoms with Crippen molar-refractivity contribution in [3.63, 3.8) is 0 Å². The zero-order valence-corrected chi connectivity index (χ0v) is 17.0. The molecule has 0 radical (unpaired) electrons. The van der Waals surface area contributed by atoms with Gasteiger partial charge in [-0.3, -0.25) is 4.79 Å². The number of nitrogens with two attached hydrogens (primary N) is 1. The van der Waals surface area contributed by atoms with Crippen LogP contribution in [0.15, 0.2) is 29.3 Å². The highest BCUT2D eigenvalue weighted by molar-refractivity contribution is 14.0. The Morgan fingerprint density at radius 1 is 1.26 bits per heavy atom. The van der Waals surface area contributed by atoms with Crippen LogP contribution in [0.1, 0.15) is 50.5 Å². The number of nitrogens with one attached hydrogen (secondary N) is 1. The Hall–Kier alpha value is -1.31. The van der Waals surface area contributed by atoms with Crippen molar-refractivity contribution in [2.75, 3.05) is 13.1 Å². The lowest BCUT2D eigenvalue weighted by Gasteiger charge is -2.20. The summed E-state index contributed by atoms with van der Waals surface area (Å²) in [6, 6.07) is 7.49. The number of nitrogens with zero attached hydrogens (tertiary/aromatic N) is 2. The van der Waals surface area contributed by atoms with Gasteiger partial charge < -0.3 is 16.0 Å². The summed E-state index contributed by atoms with van der Waals surface area (Å²) in [5, 5.41) is 2.96. The Balaban J connectivity index is 0.00000484. The van der Waals surface area contributed by atoms with Crippen molar-refractivity contribution in [2.45, 2.75) is 46.7 Å². The number of hydrogen-bond donors (Lipinski definition) is 2. The first-order valence-electron chi connectivity index (χ1n) is 7.73. The summed E-state index contributed by atoms with van der Waals surface area (Å²) in [6.07, 6.45) is 0. The normalized spacial score (nSPS) is 11.6. The van der Waals surface area contributed by atoms with Crippen LogP contribution < -0.4 is 11.1 Å². The molecule has 5 nitrogen and oxygen atoms in total. The molecule has 3 N–H and O–H groups in total. The molecule has 0 aromatic heterocycles. The molecule has 0 fully saturated rings. The summed E-state index contributed by atoms with van der Waals surface area (Å²) in [5.41, 5.74) is 7.32. The van der Waals surface area contributed by atoms with Crippen molar-refractivity contribution in [1.29, 1.82) is 0 Å². The van der Waals surface area contributed by atoms with E-state index in [-0.39, 0.29) is 35.4 Å². The van der Waals surface area contributed by atoms with E-state index in [2.05, 4.69) is 10.3 Å². The molecule has 0 spiro atoms. The van der Waals surface area contributed by atoms with E-state index >= 15 is 0 Å². The Morgan fingerprint density at radius 2 is 1.87 bits per heavy atom. The predicted molar refractivity (Wildman–Crippen MR) is 107 cm³/mol. The lowest BCUT2D eigenvalue weighted by atomic mass is 10.1. The molecule has 0 saturated heterocycles. The largest absolute Gasteiger partial charge is 0.370 e. The van der Waals surface area contributed by atoms with Gasteiger partial charge in [0.05, 0.1) is 6.54 Å². The number of benzene rings is 1. The number of carbonyl (C=O) groups is 1. The Bertz CT molecular complexity index is 534. The number of carbonyl (C=O) groups excluding carboxylic acids is 1. The van der Waals surface area contributed by atoms with Gasteiger partial charge >= 0.3 is 0 Å². The molecule has 1 aromatic rings. The Kier molecular flexibility index (Phi) is 9.19. The molecule has 6 heteroatoms. The molecule has 1 aromatic carbocycles. The van der Waals surface area contributed by atoms with E-state index in [0.29, 0.717) is 18.1 Å². The third-order valence-electron chi connectivity index (χ3n) is 3.19. The fourth-order valence-corrected chi connectivity index (χ4v) is 2.04. The standard InChI is InChI=1S/C17H28N4O.HI/c1-6-21(7-2)16(18)19-12-13-9-8-10-14(11-13)15(22)20-17(3,4)5;/h8-11H,6-7,12H2,1-5H3,(H2,18,19)(H,20,22);1H. The van der Waals surface area contributed by atoms with Gasteiger partial charge in [0, 0.05) is 24.2 Å². The number of hydrogen-bond acceptors (Lipinski definition) is 2. The van der Waals surface area contributed by atoms with Crippen molar-refractivity contribution in [3.8, 4) is 0 Å². The highest BCUT2D eigenvalue weighted by Gasteiger charge is 2.15.